The molecule has 0 bridgehead atoms. The van der Waals surface area contributed by atoms with Crippen molar-refractivity contribution in [2.45, 2.75) is 32.8 Å². The summed E-state index contributed by atoms with van der Waals surface area (Å²) in [6.07, 6.45) is 2.17. The summed E-state index contributed by atoms with van der Waals surface area (Å²) in [5.74, 6) is 0.160. The van der Waals surface area contributed by atoms with Crippen LogP contribution in [-0.4, -0.2) is 49.6 Å². The van der Waals surface area contributed by atoms with E-state index in [0.717, 1.165) is 36.3 Å². The number of nitrogens with one attached hydrogen (secondary N) is 1. The van der Waals surface area contributed by atoms with E-state index in [9.17, 15) is 9.59 Å². The van der Waals surface area contributed by atoms with Crippen LogP contribution in [0.3, 0.4) is 0 Å². The quantitative estimate of drug-likeness (QED) is 0.777. The van der Waals surface area contributed by atoms with E-state index in [1.165, 1.54) is 4.90 Å². The minimum Gasteiger partial charge on any atom is -0.491 e. The van der Waals surface area contributed by atoms with E-state index in [-0.39, 0.29) is 24.5 Å². The highest BCUT2D eigenvalue weighted by Crippen LogP contribution is 2.20. The van der Waals surface area contributed by atoms with Crippen LogP contribution in [0.15, 0.2) is 42.5 Å². The molecular weight excluding hydrogens is 368 g/mol. The van der Waals surface area contributed by atoms with E-state index in [1.54, 1.807) is 25.2 Å². The van der Waals surface area contributed by atoms with Gasteiger partial charge in [0.15, 0.2) is 0 Å². The lowest BCUT2D eigenvalue weighted by atomic mass is 10.1. The zero-order valence-electron chi connectivity index (χ0n) is 17.2. The van der Waals surface area contributed by atoms with Crippen LogP contribution in [0, 0.1) is 13.8 Å². The van der Waals surface area contributed by atoms with Gasteiger partial charge in [0, 0.05) is 24.9 Å². The molecule has 0 radical (unpaired) electrons. The Morgan fingerprint density at radius 1 is 1.17 bits per heavy atom. The van der Waals surface area contributed by atoms with E-state index in [1.807, 2.05) is 38.1 Å². The third-order valence-corrected chi connectivity index (χ3v) is 5.01. The van der Waals surface area contributed by atoms with Crippen molar-refractivity contribution in [3.63, 3.8) is 0 Å². The second kappa shape index (κ2) is 9.56. The van der Waals surface area contributed by atoms with Gasteiger partial charge in [-0.2, -0.15) is 0 Å². The SMILES string of the molecule is Cc1cccc(C)c1NC(=O)CN(C)C(=O)c1cccc(OC[C@@H]2CCCO2)c1. The number of para-hydroxylation sites is 1. The molecule has 0 unspecified atom stereocenters. The van der Waals surface area contributed by atoms with Gasteiger partial charge >= 0.3 is 0 Å². The first-order valence-electron chi connectivity index (χ1n) is 9.90. The molecule has 6 nitrogen and oxygen atoms in total. The second-order valence-electron chi connectivity index (χ2n) is 7.45. The standard InChI is InChI=1S/C23H28N2O4/c1-16-7-4-8-17(2)22(16)24-21(26)14-25(3)23(27)18-9-5-10-19(13-18)29-15-20-11-6-12-28-20/h4-5,7-10,13,20H,6,11-12,14-15H2,1-3H3,(H,24,26)/t20-/m0/s1. The number of aryl methyl sites for hydroxylation is 2. The molecule has 1 aliphatic rings. The lowest BCUT2D eigenvalue weighted by Gasteiger charge is -2.19. The number of nitrogens with zero attached hydrogens (tertiary/aromatic N) is 1. The Morgan fingerprint density at radius 3 is 2.59 bits per heavy atom. The normalized spacial score (nSPS) is 15.8. The first kappa shape index (κ1) is 20.9. The fourth-order valence-electron chi connectivity index (χ4n) is 3.38. The Balaban J connectivity index is 1.57. The van der Waals surface area contributed by atoms with Crippen molar-refractivity contribution < 1.29 is 19.1 Å². The van der Waals surface area contributed by atoms with Crippen molar-refractivity contribution in [3.8, 4) is 5.75 Å². The second-order valence-corrected chi connectivity index (χ2v) is 7.45. The van der Waals surface area contributed by atoms with E-state index in [2.05, 4.69) is 5.32 Å². The maximum absolute atomic E-state index is 12.7. The van der Waals surface area contributed by atoms with Crippen LogP contribution in [0.5, 0.6) is 5.75 Å². The predicted octanol–water partition coefficient (Wildman–Crippen LogP) is 3.57. The Bertz CT molecular complexity index is 855. The molecule has 1 saturated heterocycles. The van der Waals surface area contributed by atoms with Crippen LogP contribution in [0.2, 0.25) is 0 Å². The van der Waals surface area contributed by atoms with Crippen molar-refractivity contribution in [3.05, 3.63) is 59.2 Å². The number of carbonyl (C=O) groups is 2. The van der Waals surface area contributed by atoms with Gasteiger partial charge < -0.3 is 19.7 Å². The van der Waals surface area contributed by atoms with E-state index in [4.69, 9.17) is 9.47 Å². The molecule has 1 fully saturated rings. The number of ether oxygens (including phenoxy) is 2. The molecule has 154 valence electrons. The minimum absolute atomic E-state index is 0.0341. The molecule has 0 aliphatic carbocycles. The summed E-state index contributed by atoms with van der Waals surface area (Å²) in [4.78, 5) is 26.6. The minimum atomic E-state index is -0.232. The van der Waals surface area contributed by atoms with Gasteiger partial charge in [0.05, 0.1) is 12.6 Å². The molecule has 1 N–H and O–H groups in total. The summed E-state index contributed by atoms with van der Waals surface area (Å²) in [6, 6.07) is 12.9. The molecule has 6 heteroatoms. The zero-order chi connectivity index (χ0) is 20.8. The molecule has 1 atom stereocenters. The number of carbonyl (C=O) groups excluding carboxylic acids is 2. The molecule has 1 heterocycles. The number of hydrogen-bond donors (Lipinski definition) is 1. The Hall–Kier alpha value is -2.86. The Morgan fingerprint density at radius 2 is 1.90 bits per heavy atom. The van der Waals surface area contributed by atoms with Crippen LogP contribution in [0.25, 0.3) is 0 Å². The molecule has 2 aromatic carbocycles. The smallest absolute Gasteiger partial charge is 0.254 e. The number of anilines is 1. The van der Waals surface area contributed by atoms with Gasteiger partial charge in [0.1, 0.15) is 12.4 Å². The summed E-state index contributed by atoms with van der Waals surface area (Å²) in [6.45, 7) is 5.11. The average Bonchev–Trinajstić information content (AvgIpc) is 3.22. The molecule has 0 aromatic heterocycles. The fourth-order valence-corrected chi connectivity index (χ4v) is 3.38. The molecule has 29 heavy (non-hydrogen) atoms. The highest BCUT2D eigenvalue weighted by atomic mass is 16.5. The van der Waals surface area contributed by atoms with Gasteiger partial charge in [-0.25, -0.2) is 0 Å². The molecule has 1 aliphatic heterocycles. The van der Waals surface area contributed by atoms with Crippen molar-refractivity contribution in [2.24, 2.45) is 0 Å². The molecule has 2 amide bonds. The monoisotopic (exact) mass is 396 g/mol. The topological polar surface area (TPSA) is 67.9 Å². The van der Waals surface area contributed by atoms with E-state index >= 15 is 0 Å². The summed E-state index contributed by atoms with van der Waals surface area (Å²) in [5, 5.41) is 2.91. The number of hydrogen-bond acceptors (Lipinski definition) is 4. The van der Waals surface area contributed by atoms with Gasteiger partial charge in [-0.15, -0.1) is 0 Å². The molecule has 0 spiro atoms. The highest BCUT2D eigenvalue weighted by Gasteiger charge is 2.18. The summed E-state index contributed by atoms with van der Waals surface area (Å²) < 4.78 is 11.3. The van der Waals surface area contributed by atoms with Crippen LogP contribution in [0.1, 0.15) is 34.3 Å². The fraction of sp³-hybridized carbons (Fsp3) is 0.391. The van der Waals surface area contributed by atoms with Crippen LogP contribution in [-0.2, 0) is 9.53 Å². The summed E-state index contributed by atoms with van der Waals surface area (Å²) in [7, 11) is 1.62. The summed E-state index contributed by atoms with van der Waals surface area (Å²) >= 11 is 0. The van der Waals surface area contributed by atoms with E-state index in [0.29, 0.717) is 17.9 Å². The van der Waals surface area contributed by atoms with Gasteiger partial charge in [-0.1, -0.05) is 24.3 Å². The number of rotatable bonds is 7. The Labute approximate surface area is 171 Å². The van der Waals surface area contributed by atoms with Gasteiger partial charge in [0.25, 0.3) is 5.91 Å². The zero-order valence-corrected chi connectivity index (χ0v) is 17.2. The number of benzene rings is 2. The third-order valence-electron chi connectivity index (χ3n) is 5.01. The molecule has 3 rings (SSSR count). The summed E-state index contributed by atoms with van der Waals surface area (Å²) in [5.41, 5.74) is 3.26. The maximum Gasteiger partial charge on any atom is 0.254 e. The van der Waals surface area contributed by atoms with Crippen molar-refractivity contribution in [2.75, 3.05) is 32.1 Å². The molecular formula is C23H28N2O4. The maximum atomic E-state index is 12.7. The van der Waals surface area contributed by atoms with E-state index < -0.39 is 0 Å². The number of likely N-dealkylation sites (N-methyl/N-ethyl adjacent to an activating group) is 1. The van der Waals surface area contributed by atoms with Crippen molar-refractivity contribution >= 4 is 17.5 Å². The van der Waals surface area contributed by atoms with Gasteiger partial charge in [-0.05, 0) is 56.0 Å². The molecule has 0 saturated carbocycles. The third kappa shape index (κ3) is 5.57. The van der Waals surface area contributed by atoms with Crippen LogP contribution < -0.4 is 10.1 Å². The number of amides is 2. The van der Waals surface area contributed by atoms with Gasteiger partial charge in [0.2, 0.25) is 5.91 Å². The van der Waals surface area contributed by atoms with Crippen molar-refractivity contribution in [1.29, 1.82) is 0 Å². The van der Waals surface area contributed by atoms with Gasteiger partial charge in [-0.3, -0.25) is 9.59 Å². The first-order chi connectivity index (χ1) is 13.9. The van der Waals surface area contributed by atoms with Crippen molar-refractivity contribution in [1.82, 2.24) is 4.90 Å². The predicted molar refractivity (Wildman–Crippen MR) is 112 cm³/mol. The Kier molecular flexibility index (Phi) is 6.88. The lowest BCUT2D eigenvalue weighted by molar-refractivity contribution is -0.116. The highest BCUT2D eigenvalue weighted by molar-refractivity contribution is 5.99. The lowest BCUT2D eigenvalue weighted by Crippen LogP contribution is -2.35. The molecule has 2 aromatic rings. The van der Waals surface area contributed by atoms with Crippen LogP contribution in [0.4, 0.5) is 5.69 Å². The van der Waals surface area contributed by atoms with Crippen LogP contribution >= 0.6 is 0 Å². The average molecular weight is 396 g/mol. The largest absolute Gasteiger partial charge is 0.491 e. The first-order valence-corrected chi connectivity index (χ1v) is 9.90.